The minimum atomic E-state index is -0.207. The van der Waals surface area contributed by atoms with Gasteiger partial charge in [-0.2, -0.15) is 0 Å². The second kappa shape index (κ2) is 6.31. The van der Waals surface area contributed by atoms with E-state index in [0.29, 0.717) is 5.69 Å². The second-order valence-electron chi connectivity index (χ2n) is 7.99. The molecule has 2 atom stereocenters. The Morgan fingerprint density at radius 1 is 1.19 bits per heavy atom. The highest BCUT2D eigenvalue weighted by Gasteiger charge is 2.60. The van der Waals surface area contributed by atoms with Crippen LogP contribution in [-0.2, 0) is 11.8 Å². The SMILES string of the molecule is CC(C)=C[C@@H]1[C@H](C(=O)Nc2c(C)n(C)n(-c3ccccc3)c2=O)C1(C)C. The Bertz CT molecular complexity index is 928. The van der Waals surface area contributed by atoms with Gasteiger partial charge < -0.3 is 5.32 Å². The number of anilines is 1. The highest BCUT2D eigenvalue weighted by molar-refractivity contribution is 5.96. The van der Waals surface area contributed by atoms with Crippen LogP contribution in [0, 0.1) is 24.2 Å². The monoisotopic (exact) mass is 353 g/mol. The van der Waals surface area contributed by atoms with Crippen LogP contribution in [0.25, 0.3) is 5.69 Å². The third-order valence-electron chi connectivity index (χ3n) is 5.51. The first-order valence-electron chi connectivity index (χ1n) is 8.96. The van der Waals surface area contributed by atoms with E-state index in [0.717, 1.165) is 11.4 Å². The maximum atomic E-state index is 12.9. The number of hydrogen-bond donors (Lipinski definition) is 1. The van der Waals surface area contributed by atoms with Gasteiger partial charge in [0.05, 0.1) is 17.3 Å². The van der Waals surface area contributed by atoms with E-state index in [2.05, 4.69) is 25.2 Å². The van der Waals surface area contributed by atoms with Crippen LogP contribution in [-0.4, -0.2) is 15.3 Å². The van der Waals surface area contributed by atoms with Gasteiger partial charge in [-0.3, -0.25) is 14.3 Å². The molecule has 0 unspecified atom stereocenters. The van der Waals surface area contributed by atoms with Gasteiger partial charge in [0.1, 0.15) is 5.69 Å². The summed E-state index contributed by atoms with van der Waals surface area (Å²) < 4.78 is 3.36. The van der Waals surface area contributed by atoms with Gasteiger partial charge in [-0.15, -0.1) is 0 Å². The van der Waals surface area contributed by atoms with Crippen LogP contribution in [0.2, 0.25) is 0 Å². The van der Waals surface area contributed by atoms with Crippen molar-refractivity contribution >= 4 is 11.6 Å². The van der Waals surface area contributed by atoms with Gasteiger partial charge in [0, 0.05) is 7.05 Å². The third kappa shape index (κ3) is 2.91. The van der Waals surface area contributed by atoms with Gasteiger partial charge in [0.25, 0.3) is 5.56 Å². The van der Waals surface area contributed by atoms with Crippen LogP contribution >= 0.6 is 0 Å². The predicted molar refractivity (Wildman–Crippen MR) is 105 cm³/mol. The summed E-state index contributed by atoms with van der Waals surface area (Å²) in [4.78, 5) is 25.8. The number of carbonyl (C=O) groups excluding carboxylic acids is 1. The summed E-state index contributed by atoms with van der Waals surface area (Å²) in [5.74, 6) is 0.0259. The van der Waals surface area contributed by atoms with Crippen LogP contribution in [0.15, 0.2) is 46.8 Å². The summed E-state index contributed by atoms with van der Waals surface area (Å²) in [5, 5.41) is 2.91. The first kappa shape index (κ1) is 18.2. The minimum absolute atomic E-state index is 0.0801. The maximum Gasteiger partial charge on any atom is 0.295 e. The van der Waals surface area contributed by atoms with Crippen LogP contribution in [0.1, 0.15) is 33.4 Å². The van der Waals surface area contributed by atoms with E-state index in [1.165, 1.54) is 5.57 Å². The first-order chi connectivity index (χ1) is 12.2. The summed E-state index contributed by atoms with van der Waals surface area (Å²) in [5.41, 5.74) is 2.80. The molecule has 1 N–H and O–H groups in total. The molecule has 0 spiro atoms. The Balaban J connectivity index is 1.92. The molecule has 1 aliphatic carbocycles. The molecule has 1 amide bonds. The molecule has 1 saturated carbocycles. The van der Waals surface area contributed by atoms with E-state index in [1.807, 2.05) is 58.2 Å². The van der Waals surface area contributed by atoms with Crippen LogP contribution < -0.4 is 10.9 Å². The Labute approximate surface area is 154 Å². The van der Waals surface area contributed by atoms with Gasteiger partial charge in [-0.05, 0) is 44.2 Å². The predicted octanol–water partition coefficient (Wildman–Crippen LogP) is 3.66. The van der Waals surface area contributed by atoms with Crippen molar-refractivity contribution in [1.82, 2.24) is 9.36 Å². The summed E-state index contributed by atoms with van der Waals surface area (Å²) >= 11 is 0. The second-order valence-corrected chi connectivity index (χ2v) is 7.99. The van der Waals surface area contributed by atoms with Crippen molar-refractivity contribution in [3.63, 3.8) is 0 Å². The van der Waals surface area contributed by atoms with Crippen molar-refractivity contribution in [2.45, 2.75) is 34.6 Å². The molecule has 0 radical (unpaired) electrons. The Kier molecular flexibility index (Phi) is 4.42. The summed E-state index contributed by atoms with van der Waals surface area (Å²) in [6.45, 7) is 10.1. The van der Waals surface area contributed by atoms with Crippen molar-refractivity contribution < 1.29 is 4.79 Å². The van der Waals surface area contributed by atoms with Crippen molar-refractivity contribution in [2.24, 2.45) is 24.3 Å². The fraction of sp³-hybridized carbons (Fsp3) is 0.429. The zero-order chi connectivity index (χ0) is 19.2. The average Bonchev–Trinajstić information content (AvgIpc) is 3.04. The molecule has 0 aliphatic heterocycles. The number of aromatic nitrogens is 2. The number of nitrogens with one attached hydrogen (secondary N) is 1. The zero-order valence-electron chi connectivity index (χ0n) is 16.3. The number of hydrogen-bond acceptors (Lipinski definition) is 2. The Morgan fingerprint density at radius 2 is 1.81 bits per heavy atom. The van der Waals surface area contributed by atoms with Crippen molar-refractivity contribution in [3.8, 4) is 5.69 Å². The molecule has 3 rings (SSSR count). The number of rotatable bonds is 4. The van der Waals surface area contributed by atoms with Gasteiger partial charge in [0.15, 0.2) is 0 Å². The molecule has 1 heterocycles. The highest BCUT2D eigenvalue weighted by atomic mass is 16.2. The molecule has 1 aliphatic rings. The van der Waals surface area contributed by atoms with Crippen molar-refractivity contribution in [3.05, 3.63) is 58.0 Å². The van der Waals surface area contributed by atoms with Crippen LogP contribution in [0.5, 0.6) is 0 Å². The lowest BCUT2D eigenvalue weighted by atomic mass is 10.1. The normalized spacial score (nSPS) is 20.5. The van der Waals surface area contributed by atoms with E-state index in [1.54, 1.807) is 9.36 Å². The fourth-order valence-corrected chi connectivity index (χ4v) is 3.76. The van der Waals surface area contributed by atoms with Gasteiger partial charge >= 0.3 is 0 Å². The highest BCUT2D eigenvalue weighted by Crippen LogP contribution is 2.59. The molecule has 0 saturated heterocycles. The first-order valence-corrected chi connectivity index (χ1v) is 8.96. The quantitative estimate of drug-likeness (QED) is 0.853. The minimum Gasteiger partial charge on any atom is -0.320 e. The summed E-state index contributed by atoms with van der Waals surface area (Å²) in [6.07, 6.45) is 2.16. The number of para-hydroxylation sites is 1. The molecule has 26 heavy (non-hydrogen) atoms. The molecule has 5 heteroatoms. The number of carbonyl (C=O) groups is 1. The number of amides is 1. The van der Waals surface area contributed by atoms with Gasteiger partial charge in [-0.25, -0.2) is 4.68 Å². The Hall–Kier alpha value is -2.56. The van der Waals surface area contributed by atoms with Crippen molar-refractivity contribution in [1.29, 1.82) is 0 Å². The third-order valence-corrected chi connectivity index (χ3v) is 5.51. The standard InChI is InChI=1S/C21H27N3O2/c1-13(2)12-16-17(21(16,4)5)19(25)22-18-14(3)23(6)24(20(18)26)15-10-8-7-9-11-15/h7-12,16-17H,1-6H3,(H,22,25)/t16-,17-/m1/s1. The molecule has 138 valence electrons. The number of benzene rings is 1. The molecular weight excluding hydrogens is 326 g/mol. The van der Waals surface area contributed by atoms with E-state index >= 15 is 0 Å². The molecule has 1 aromatic heterocycles. The molecular formula is C21H27N3O2. The fourth-order valence-electron chi connectivity index (χ4n) is 3.76. The smallest absolute Gasteiger partial charge is 0.295 e. The molecule has 1 aromatic carbocycles. The largest absolute Gasteiger partial charge is 0.320 e. The topological polar surface area (TPSA) is 56.0 Å². The lowest BCUT2D eigenvalue weighted by Gasteiger charge is -2.07. The maximum absolute atomic E-state index is 12.9. The van der Waals surface area contributed by atoms with Crippen LogP contribution in [0.3, 0.4) is 0 Å². The average molecular weight is 353 g/mol. The molecule has 2 aromatic rings. The lowest BCUT2D eigenvalue weighted by Crippen LogP contribution is -2.24. The van der Waals surface area contributed by atoms with Gasteiger partial charge in [0.2, 0.25) is 5.91 Å². The summed E-state index contributed by atoms with van der Waals surface area (Å²) in [7, 11) is 1.83. The van der Waals surface area contributed by atoms with E-state index < -0.39 is 0 Å². The summed E-state index contributed by atoms with van der Waals surface area (Å²) in [6, 6.07) is 9.44. The van der Waals surface area contributed by atoms with Gasteiger partial charge in [-0.1, -0.05) is 43.7 Å². The zero-order valence-corrected chi connectivity index (χ0v) is 16.3. The van der Waals surface area contributed by atoms with Crippen molar-refractivity contribution in [2.75, 3.05) is 5.32 Å². The lowest BCUT2D eigenvalue weighted by molar-refractivity contribution is -0.118. The van der Waals surface area contributed by atoms with E-state index in [-0.39, 0.29) is 28.7 Å². The van der Waals surface area contributed by atoms with Crippen LogP contribution in [0.4, 0.5) is 5.69 Å². The number of nitrogens with zero attached hydrogens (tertiary/aromatic N) is 2. The number of allylic oxidation sites excluding steroid dienone is 2. The Morgan fingerprint density at radius 3 is 2.38 bits per heavy atom. The molecule has 5 nitrogen and oxygen atoms in total. The molecule has 1 fully saturated rings. The molecule has 0 bridgehead atoms. The van der Waals surface area contributed by atoms with E-state index in [9.17, 15) is 9.59 Å². The van der Waals surface area contributed by atoms with E-state index in [4.69, 9.17) is 0 Å².